The van der Waals surface area contributed by atoms with E-state index in [-0.39, 0.29) is 24.9 Å². The third kappa shape index (κ3) is 39.4. The molecule has 0 saturated heterocycles. The van der Waals surface area contributed by atoms with Crippen molar-refractivity contribution in [3.63, 3.8) is 0 Å². The quantitative estimate of drug-likeness (QED) is 0.0324. The van der Waals surface area contributed by atoms with E-state index in [0.717, 1.165) is 57.8 Å². The van der Waals surface area contributed by atoms with Crippen molar-refractivity contribution in [2.24, 2.45) is 0 Å². The van der Waals surface area contributed by atoms with Crippen LogP contribution in [-0.2, 0) is 14.3 Å². The molecule has 0 bridgehead atoms. The molecule has 0 rings (SSSR count). The summed E-state index contributed by atoms with van der Waals surface area (Å²) in [5, 5.41) is 23.6. The lowest BCUT2D eigenvalue weighted by molar-refractivity contribution is -0.151. The van der Waals surface area contributed by atoms with Crippen LogP contribution in [0.15, 0.2) is 12.2 Å². The topological polar surface area (TPSA) is 95.9 Å². The standard InChI is InChI=1S/C50H97NO5/c1-4-7-10-13-16-19-22-24-25-26-28-31-34-37-40-43-50(55)56-46(41-38-35-32-29-27-23-20-17-14-11-8-5-2)44-49(54)51-47(45-52)48(53)42-39-36-33-30-21-18-15-12-9-6-3/h29,32,46-48,52-53H,4-28,30-31,33-45H2,1-3H3,(H,51,54)/b32-29-. The first-order valence-corrected chi connectivity index (χ1v) is 24.9. The van der Waals surface area contributed by atoms with Gasteiger partial charge in [0.15, 0.2) is 0 Å². The van der Waals surface area contributed by atoms with Gasteiger partial charge in [-0.2, -0.15) is 0 Å². The maximum Gasteiger partial charge on any atom is 0.306 e. The van der Waals surface area contributed by atoms with Crippen molar-refractivity contribution in [1.82, 2.24) is 5.32 Å². The number of aliphatic hydroxyl groups is 2. The van der Waals surface area contributed by atoms with Gasteiger partial charge in [0.05, 0.1) is 25.2 Å². The monoisotopic (exact) mass is 792 g/mol. The minimum absolute atomic E-state index is 0.0633. The highest BCUT2D eigenvalue weighted by atomic mass is 16.5. The molecule has 6 nitrogen and oxygen atoms in total. The maximum atomic E-state index is 13.1. The summed E-state index contributed by atoms with van der Waals surface area (Å²) in [5.74, 6) is -0.489. The summed E-state index contributed by atoms with van der Waals surface area (Å²) in [6.07, 6.45) is 48.5. The number of hydrogen-bond acceptors (Lipinski definition) is 5. The van der Waals surface area contributed by atoms with Crippen LogP contribution in [-0.4, -0.2) is 46.9 Å². The molecule has 1 amide bonds. The third-order valence-electron chi connectivity index (χ3n) is 11.6. The van der Waals surface area contributed by atoms with Crippen LogP contribution in [0, 0.1) is 0 Å². The van der Waals surface area contributed by atoms with E-state index < -0.39 is 18.2 Å². The minimum atomic E-state index is -0.787. The van der Waals surface area contributed by atoms with Crippen molar-refractivity contribution in [3.8, 4) is 0 Å². The van der Waals surface area contributed by atoms with E-state index in [0.29, 0.717) is 19.3 Å². The number of unbranched alkanes of at least 4 members (excludes halogenated alkanes) is 31. The number of rotatable bonds is 45. The zero-order valence-corrected chi connectivity index (χ0v) is 37.8. The second-order valence-corrected chi connectivity index (χ2v) is 17.2. The average molecular weight is 792 g/mol. The molecule has 0 aliphatic heterocycles. The fourth-order valence-electron chi connectivity index (χ4n) is 7.78. The molecule has 3 N–H and O–H groups in total. The van der Waals surface area contributed by atoms with E-state index in [1.165, 1.54) is 167 Å². The highest BCUT2D eigenvalue weighted by Gasteiger charge is 2.24. The van der Waals surface area contributed by atoms with Crippen molar-refractivity contribution in [2.45, 2.75) is 289 Å². The molecule has 0 spiro atoms. The summed E-state index contributed by atoms with van der Waals surface area (Å²) in [4.78, 5) is 26.0. The molecule has 56 heavy (non-hydrogen) atoms. The van der Waals surface area contributed by atoms with Gasteiger partial charge in [0.2, 0.25) is 5.91 Å². The van der Waals surface area contributed by atoms with Crippen molar-refractivity contribution >= 4 is 11.9 Å². The molecule has 0 aromatic heterocycles. The Hall–Kier alpha value is -1.40. The van der Waals surface area contributed by atoms with Gasteiger partial charge in [-0.1, -0.05) is 226 Å². The molecule has 3 atom stereocenters. The zero-order chi connectivity index (χ0) is 41.0. The Balaban J connectivity index is 4.55. The van der Waals surface area contributed by atoms with Crippen molar-refractivity contribution in [2.75, 3.05) is 6.61 Å². The third-order valence-corrected chi connectivity index (χ3v) is 11.6. The molecule has 0 aliphatic rings. The van der Waals surface area contributed by atoms with Gasteiger partial charge < -0.3 is 20.3 Å². The smallest absolute Gasteiger partial charge is 0.306 e. The molecule has 0 saturated carbocycles. The van der Waals surface area contributed by atoms with Gasteiger partial charge in [0.25, 0.3) is 0 Å². The van der Waals surface area contributed by atoms with E-state index in [1.54, 1.807) is 0 Å². The van der Waals surface area contributed by atoms with Crippen LogP contribution in [0.3, 0.4) is 0 Å². The molecular formula is C50H97NO5. The van der Waals surface area contributed by atoms with Crippen LogP contribution in [0.1, 0.15) is 271 Å². The summed E-state index contributed by atoms with van der Waals surface area (Å²) in [7, 11) is 0. The van der Waals surface area contributed by atoms with Gasteiger partial charge in [-0.3, -0.25) is 9.59 Å². The SMILES string of the molecule is CCCCCCCCC/C=C\CCCC(CC(=O)NC(CO)C(O)CCCCCCCCCCCC)OC(=O)CCCCCCCCCCCCCCCCC. The Morgan fingerprint density at radius 3 is 1.30 bits per heavy atom. The van der Waals surface area contributed by atoms with Gasteiger partial charge in [-0.25, -0.2) is 0 Å². The van der Waals surface area contributed by atoms with E-state index in [2.05, 4.69) is 38.2 Å². The van der Waals surface area contributed by atoms with Crippen LogP contribution >= 0.6 is 0 Å². The van der Waals surface area contributed by atoms with Crippen LogP contribution in [0.5, 0.6) is 0 Å². The second kappa shape index (κ2) is 44.7. The molecule has 0 heterocycles. The highest BCUT2D eigenvalue weighted by molar-refractivity contribution is 5.77. The van der Waals surface area contributed by atoms with Crippen LogP contribution in [0.2, 0.25) is 0 Å². The molecule has 0 aliphatic carbocycles. The average Bonchev–Trinajstić information content (AvgIpc) is 3.19. The first-order valence-electron chi connectivity index (χ1n) is 24.9. The summed E-state index contributed by atoms with van der Waals surface area (Å²) in [6, 6.07) is -0.702. The molecule has 6 heteroatoms. The summed E-state index contributed by atoms with van der Waals surface area (Å²) in [6.45, 7) is 6.47. The molecule has 332 valence electrons. The van der Waals surface area contributed by atoms with Crippen LogP contribution < -0.4 is 5.32 Å². The van der Waals surface area contributed by atoms with Crippen molar-refractivity contribution in [1.29, 1.82) is 0 Å². The lowest BCUT2D eigenvalue weighted by Crippen LogP contribution is -2.46. The van der Waals surface area contributed by atoms with Gasteiger partial charge in [-0.15, -0.1) is 0 Å². The summed E-state index contributed by atoms with van der Waals surface area (Å²) >= 11 is 0. The highest BCUT2D eigenvalue weighted by Crippen LogP contribution is 2.17. The van der Waals surface area contributed by atoms with Gasteiger partial charge in [0.1, 0.15) is 6.10 Å². The molecule has 0 aromatic rings. The van der Waals surface area contributed by atoms with Crippen LogP contribution in [0.25, 0.3) is 0 Å². The van der Waals surface area contributed by atoms with E-state index in [4.69, 9.17) is 4.74 Å². The Kier molecular flexibility index (Phi) is 43.6. The molecule has 0 fully saturated rings. The normalized spacial score (nSPS) is 13.3. The first kappa shape index (κ1) is 54.6. The molecule has 0 radical (unpaired) electrons. The lowest BCUT2D eigenvalue weighted by atomic mass is 10.0. The van der Waals surface area contributed by atoms with Crippen molar-refractivity contribution in [3.05, 3.63) is 12.2 Å². The van der Waals surface area contributed by atoms with E-state index in [1.807, 2.05) is 0 Å². The van der Waals surface area contributed by atoms with E-state index >= 15 is 0 Å². The van der Waals surface area contributed by atoms with Gasteiger partial charge in [0, 0.05) is 6.42 Å². The first-order chi connectivity index (χ1) is 27.5. The fourth-order valence-corrected chi connectivity index (χ4v) is 7.78. The number of carbonyl (C=O) groups excluding carboxylic acids is 2. The number of aliphatic hydroxyl groups excluding tert-OH is 2. The summed E-state index contributed by atoms with van der Waals surface area (Å²) in [5.41, 5.74) is 0. The van der Waals surface area contributed by atoms with Crippen molar-refractivity contribution < 1.29 is 24.5 Å². The van der Waals surface area contributed by atoms with Gasteiger partial charge in [-0.05, 0) is 44.9 Å². The Morgan fingerprint density at radius 2 is 0.875 bits per heavy atom. The number of esters is 1. The Labute approximate surface area is 349 Å². The van der Waals surface area contributed by atoms with Gasteiger partial charge >= 0.3 is 5.97 Å². The Morgan fingerprint density at radius 1 is 0.500 bits per heavy atom. The number of allylic oxidation sites excluding steroid dienone is 2. The minimum Gasteiger partial charge on any atom is -0.462 e. The maximum absolute atomic E-state index is 13.1. The predicted octanol–water partition coefficient (Wildman–Crippen LogP) is 14.6. The van der Waals surface area contributed by atoms with E-state index in [9.17, 15) is 19.8 Å². The predicted molar refractivity (Wildman–Crippen MR) is 241 cm³/mol. The number of carbonyl (C=O) groups is 2. The fraction of sp³-hybridized carbons (Fsp3) is 0.920. The Bertz CT molecular complexity index is 847. The lowest BCUT2D eigenvalue weighted by Gasteiger charge is -2.24. The molecule has 0 aromatic carbocycles. The van der Waals surface area contributed by atoms with Crippen LogP contribution in [0.4, 0.5) is 0 Å². The second-order valence-electron chi connectivity index (χ2n) is 17.2. The molecule has 3 unspecified atom stereocenters. The number of nitrogens with one attached hydrogen (secondary N) is 1. The largest absolute Gasteiger partial charge is 0.462 e. The zero-order valence-electron chi connectivity index (χ0n) is 37.8. The summed E-state index contributed by atoms with van der Waals surface area (Å²) < 4.78 is 5.91. The molecular weight excluding hydrogens is 695 g/mol. The number of ether oxygens (including phenoxy) is 1. The number of hydrogen-bond donors (Lipinski definition) is 3. The number of amides is 1.